The van der Waals surface area contributed by atoms with Crippen molar-refractivity contribution in [3.05, 3.63) is 52.1 Å². The van der Waals surface area contributed by atoms with Gasteiger partial charge < -0.3 is 15.5 Å². The highest BCUT2D eigenvalue weighted by atomic mass is 19.2. The van der Waals surface area contributed by atoms with Gasteiger partial charge in [-0.05, 0) is 31.5 Å². The van der Waals surface area contributed by atoms with Crippen LogP contribution in [-0.4, -0.2) is 33.2 Å². The molecule has 0 spiro atoms. The molecular formula is C16H20F3N3O2. The quantitative estimate of drug-likeness (QED) is 0.670. The number of aromatic nitrogens is 2. The predicted octanol–water partition coefficient (Wildman–Crippen LogP) is 1.73. The SMILES string of the molecule is Cc1nn(CCO)c(C)c1CNC(CO)c1cc(F)c(F)c(F)c1. The van der Waals surface area contributed by atoms with Crippen molar-refractivity contribution in [3.8, 4) is 0 Å². The van der Waals surface area contributed by atoms with Gasteiger partial charge in [-0.15, -0.1) is 0 Å². The number of nitrogens with zero attached hydrogens (tertiary/aromatic N) is 2. The monoisotopic (exact) mass is 343 g/mol. The molecule has 1 aromatic heterocycles. The van der Waals surface area contributed by atoms with Gasteiger partial charge in [0.05, 0.1) is 31.5 Å². The van der Waals surface area contributed by atoms with Crippen LogP contribution in [0.4, 0.5) is 13.2 Å². The van der Waals surface area contributed by atoms with Gasteiger partial charge in [-0.25, -0.2) is 13.2 Å². The average Bonchev–Trinajstić information content (AvgIpc) is 2.80. The van der Waals surface area contributed by atoms with Crippen LogP contribution in [0.3, 0.4) is 0 Å². The Morgan fingerprint density at radius 2 is 1.79 bits per heavy atom. The molecule has 3 N–H and O–H groups in total. The molecule has 2 aromatic rings. The first kappa shape index (κ1) is 18.4. The molecule has 132 valence electrons. The molecule has 0 saturated heterocycles. The summed E-state index contributed by atoms with van der Waals surface area (Å²) < 4.78 is 41.4. The van der Waals surface area contributed by atoms with Crippen molar-refractivity contribution in [1.29, 1.82) is 0 Å². The van der Waals surface area contributed by atoms with Gasteiger partial charge in [0, 0.05) is 17.8 Å². The number of halogens is 3. The third-order valence-corrected chi connectivity index (χ3v) is 3.96. The van der Waals surface area contributed by atoms with E-state index in [1.54, 1.807) is 4.68 Å². The van der Waals surface area contributed by atoms with E-state index in [0.717, 1.165) is 29.1 Å². The highest BCUT2D eigenvalue weighted by Crippen LogP contribution is 2.21. The Kier molecular flexibility index (Phi) is 5.98. The lowest BCUT2D eigenvalue weighted by Gasteiger charge is -2.17. The molecule has 0 bridgehead atoms. The number of aliphatic hydroxyl groups excluding tert-OH is 2. The van der Waals surface area contributed by atoms with Crippen LogP contribution in [0, 0.1) is 31.3 Å². The summed E-state index contributed by atoms with van der Waals surface area (Å²) in [5.41, 5.74) is 2.58. The highest BCUT2D eigenvalue weighted by molar-refractivity contribution is 5.26. The van der Waals surface area contributed by atoms with Gasteiger partial charge in [0.15, 0.2) is 17.5 Å². The summed E-state index contributed by atoms with van der Waals surface area (Å²) in [4.78, 5) is 0. The summed E-state index contributed by atoms with van der Waals surface area (Å²) in [7, 11) is 0. The molecule has 5 nitrogen and oxygen atoms in total. The van der Waals surface area contributed by atoms with Gasteiger partial charge in [-0.3, -0.25) is 4.68 Å². The summed E-state index contributed by atoms with van der Waals surface area (Å²) in [5.74, 6) is -4.13. The van der Waals surface area contributed by atoms with E-state index in [1.165, 1.54) is 0 Å². The van der Waals surface area contributed by atoms with Crippen LogP contribution in [0.2, 0.25) is 0 Å². The summed E-state index contributed by atoms with van der Waals surface area (Å²) >= 11 is 0. The lowest BCUT2D eigenvalue weighted by atomic mass is 10.1. The number of hydrogen-bond acceptors (Lipinski definition) is 4. The maximum atomic E-state index is 13.4. The van der Waals surface area contributed by atoms with Gasteiger partial charge in [-0.1, -0.05) is 0 Å². The van der Waals surface area contributed by atoms with Gasteiger partial charge in [0.2, 0.25) is 0 Å². The number of aryl methyl sites for hydroxylation is 1. The lowest BCUT2D eigenvalue weighted by Crippen LogP contribution is -2.25. The van der Waals surface area contributed by atoms with E-state index >= 15 is 0 Å². The Morgan fingerprint density at radius 1 is 1.17 bits per heavy atom. The van der Waals surface area contributed by atoms with E-state index in [9.17, 15) is 18.3 Å². The Labute approximate surface area is 137 Å². The molecule has 0 aliphatic heterocycles. The van der Waals surface area contributed by atoms with Crippen molar-refractivity contribution in [2.45, 2.75) is 33.0 Å². The van der Waals surface area contributed by atoms with E-state index in [0.29, 0.717) is 13.1 Å². The lowest BCUT2D eigenvalue weighted by molar-refractivity contribution is 0.242. The largest absolute Gasteiger partial charge is 0.394 e. The number of hydrogen-bond donors (Lipinski definition) is 3. The van der Waals surface area contributed by atoms with Gasteiger partial charge in [0.25, 0.3) is 0 Å². The second-order valence-corrected chi connectivity index (χ2v) is 5.51. The van der Waals surface area contributed by atoms with Crippen LogP contribution >= 0.6 is 0 Å². The molecule has 0 aliphatic carbocycles. The molecule has 0 amide bonds. The number of aliphatic hydroxyl groups is 2. The van der Waals surface area contributed by atoms with Crippen molar-refractivity contribution < 1.29 is 23.4 Å². The molecule has 24 heavy (non-hydrogen) atoms. The minimum absolute atomic E-state index is 0.0395. The van der Waals surface area contributed by atoms with Gasteiger partial charge in [0.1, 0.15) is 0 Å². The first-order chi connectivity index (χ1) is 11.4. The fraction of sp³-hybridized carbons (Fsp3) is 0.438. The smallest absolute Gasteiger partial charge is 0.194 e. The van der Waals surface area contributed by atoms with Crippen molar-refractivity contribution in [1.82, 2.24) is 15.1 Å². The van der Waals surface area contributed by atoms with Crippen molar-refractivity contribution in [3.63, 3.8) is 0 Å². The standard InChI is InChI=1S/C16H20F3N3O2/c1-9-12(10(2)22(21-9)3-4-23)7-20-15(8-24)11-5-13(17)16(19)14(18)6-11/h5-6,15,20,23-24H,3-4,7-8H2,1-2H3. The van der Waals surface area contributed by atoms with Crippen LogP contribution < -0.4 is 5.32 Å². The maximum Gasteiger partial charge on any atom is 0.194 e. The highest BCUT2D eigenvalue weighted by Gasteiger charge is 2.18. The summed E-state index contributed by atoms with van der Waals surface area (Å²) in [6, 6.07) is 0.970. The van der Waals surface area contributed by atoms with Crippen LogP contribution in [0.1, 0.15) is 28.6 Å². The van der Waals surface area contributed by atoms with Crippen LogP contribution in [0.5, 0.6) is 0 Å². The van der Waals surface area contributed by atoms with Gasteiger partial charge in [-0.2, -0.15) is 5.10 Å². The Hall–Kier alpha value is -1.90. The third-order valence-electron chi connectivity index (χ3n) is 3.96. The third kappa shape index (κ3) is 3.77. The zero-order valence-electron chi connectivity index (χ0n) is 13.5. The van der Waals surface area contributed by atoms with E-state index in [2.05, 4.69) is 10.4 Å². The molecule has 1 unspecified atom stereocenters. The average molecular weight is 343 g/mol. The van der Waals surface area contributed by atoms with E-state index in [4.69, 9.17) is 5.11 Å². The molecule has 1 aromatic carbocycles. The normalized spacial score (nSPS) is 12.6. The Morgan fingerprint density at radius 3 is 2.33 bits per heavy atom. The zero-order chi connectivity index (χ0) is 17.9. The number of rotatable bonds is 7. The summed E-state index contributed by atoms with van der Waals surface area (Å²) in [6.45, 7) is 3.87. The number of benzene rings is 1. The maximum absolute atomic E-state index is 13.4. The molecule has 0 saturated carbocycles. The summed E-state index contributed by atoms with van der Waals surface area (Å²) in [5, 5.41) is 25.8. The minimum Gasteiger partial charge on any atom is -0.394 e. The fourth-order valence-electron chi connectivity index (χ4n) is 2.59. The molecule has 8 heteroatoms. The van der Waals surface area contributed by atoms with E-state index in [1.807, 2.05) is 13.8 Å². The molecule has 1 heterocycles. The molecule has 0 aliphatic rings. The second kappa shape index (κ2) is 7.78. The number of nitrogens with one attached hydrogen (secondary N) is 1. The molecule has 0 fully saturated rings. The first-order valence-corrected chi connectivity index (χ1v) is 7.51. The van der Waals surface area contributed by atoms with Crippen molar-refractivity contribution >= 4 is 0 Å². The minimum atomic E-state index is -1.53. The summed E-state index contributed by atoms with van der Waals surface area (Å²) in [6.07, 6.45) is 0. The molecule has 0 radical (unpaired) electrons. The topological polar surface area (TPSA) is 70.3 Å². The van der Waals surface area contributed by atoms with Gasteiger partial charge >= 0.3 is 0 Å². The molecule has 2 rings (SSSR count). The van der Waals surface area contributed by atoms with Crippen LogP contribution in [0.25, 0.3) is 0 Å². The van der Waals surface area contributed by atoms with E-state index in [-0.39, 0.29) is 12.2 Å². The first-order valence-electron chi connectivity index (χ1n) is 7.51. The van der Waals surface area contributed by atoms with Crippen molar-refractivity contribution in [2.75, 3.05) is 13.2 Å². The van der Waals surface area contributed by atoms with Crippen molar-refractivity contribution in [2.24, 2.45) is 0 Å². The van der Waals surface area contributed by atoms with E-state index < -0.39 is 30.1 Å². The molecular weight excluding hydrogens is 323 g/mol. The second-order valence-electron chi connectivity index (χ2n) is 5.51. The Bertz CT molecular complexity index is 696. The van der Waals surface area contributed by atoms with Crippen LogP contribution in [0.15, 0.2) is 12.1 Å². The van der Waals surface area contributed by atoms with Crippen LogP contribution in [-0.2, 0) is 13.1 Å². The predicted molar refractivity (Wildman–Crippen MR) is 81.8 cm³/mol. The Balaban J connectivity index is 2.18. The zero-order valence-corrected chi connectivity index (χ0v) is 13.5. The molecule has 1 atom stereocenters. The fourth-order valence-corrected chi connectivity index (χ4v) is 2.59.